The second-order valence-corrected chi connectivity index (χ2v) is 1.50. The number of hydrogen-bond donors (Lipinski definition) is 2. The summed E-state index contributed by atoms with van der Waals surface area (Å²) in [6, 6.07) is 0. The zero-order valence-corrected chi connectivity index (χ0v) is 4.85. The van der Waals surface area contributed by atoms with E-state index < -0.39 is 11.2 Å². The maximum Gasteiger partial charge on any atom is 0.404 e. The van der Waals surface area contributed by atoms with Gasteiger partial charge in [-0.2, -0.15) is 0 Å². The lowest BCUT2D eigenvalue weighted by atomic mass is 10.8. The zero-order valence-electron chi connectivity index (χ0n) is 3.96. The first-order valence-corrected chi connectivity index (χ1v) is 2.21. The molecule has 0 aliphatic rings. The number of carbonyl (C=O) groups excluding carboxylic acids is 2. The van der Waals surface area contributed by atoms with Gasteiger partial charge in [-0.05, 0) is 0 Å². The molecule has 0 spiro atoms. The molecule has 0 unspecified atom stereocenters. The minimum absolute atomic E-state index is 0.363. The molecule has 0 saturated heterocycles. The van der Waals surface area contributed by atoms with Crippen LogP contribution in [0.4, 0.5) is 4.79 Å². The van der Waals surface area contributed by atoms with Crippen LogP contribution in [0.15, 0.2) is 0 Å². The van der Waals surface area contributed by atoms with Crippen LogP contribution in [0.1, 0.15) is 0 Å². The van der Waals surface area contributed by atoms with E-state index in [9.17, 15) is 9.59 Å². The van der Waals surface area contributed by atoms with Gasteiger partial charge >= 0.3 is 6.09 Å². The van der Waals surface area contributed by atoms with Gasteiger partial charge in [0.15, 0.2) is 6.61 Å². The summed E-state index contributed by atoms with van der Waals surface area (Å²) in [5, 5.41) is -0.524. The number of carbonyl (C=O) groups is 2. The van der Waals surface area contributed by atoms with Crippen molar-refractivity contribution in [3.8, 4) is 0 Å². The summed E-state index contributed by atoms with van der Waals surface area (Å²) in [4.78, 5) is 19.6. The van der Waals surface area contributed by atoms with Crippen molar-refractivity contribution >= 4 is 23.8 Å². The van der Waals surface area contributed by atoms with Crippen LogP contribution in [0.5, 0.6) is 0 Å². The molecule has 5 heteroatoms. The maximum atomic E-state index is 9.88. The molecule has 0 aromatic heterocycles. The molecule has 0 aromatic carbocycles. The van der Waals surface area contributed by atoms with Gasteiger partial charge in [-0.3, -0.25) is 4.79 Å². The predicted molar refractivity (Wildman–Crippen MR) is 29.5 cm³/mol. The van der Waals surface area contributed by atoms with Gasteiger partial charge in [-0.1, -0.05) is 0 Å². The lowest BCUT2D eigenvalue weighted by Gasteiger charge is -1.92. The number of ether oxygens (including phenoxy) is 1. The third kappa shape index (κ3) is 5.29. The Kier molecular flexibility index (Phi) is 3.02. The molecule has 46 valence electrons. The van der Waals surface area contributed by atoms with Crippen LogP contribution in [-0.4, -0.2) is 17.8 Å². The highest BCUT2D eigenvalue weighted by Gasteiger charge is 1.95. The molecule has 0 fully saturated rings. The molecular formula is C3H5NO3S. The topological polar surface area (TPSA) is 69.4 Å². The number of thiol groups is 1. The Balaban J connectivity index is 3.18. The van der Waals surface area contributed by atoms with E-state index in [4.69, 9.17) is 0 Å². The number of primary amides is 1. The molecule has 0 bridgehead atoms. The van der Waals surface area contributed by atoms with Gasteiger partial charge in [0.2, 0.25) is 5.12 Å². The summed E-state index contributed by atoms with van der Waals surface area (Å²) in [5.74, 6) is 0. The third-order valence-electron chi connectivity index (χ3n) is 0.338. The van der Waals surface area contributed by atoms with Gasteiger partial charge in [0.25, 0.3) is 0 Å². The fourth-order valence-corrected chi connectivity index (χ4v) is 0.197. The van der Waals surface area contributed by atoms with Crippen LogP contribution < -0.4 is 5.73 Å². The van der Waals surface area contributed by atoms with E-state index in [-0.39, 0.29) is 6.61 Å². The van der Waals surface area contributed by atoms with Gasteiger partial charge in [0, 0.05) is 0 Å². The van der Waals surface area contributed by atoms with Crippen molar-refractivity contribution < 1.29 is 14.3 Å². The summed E-state index contributed by atoms with van der Waals surface area (Å²) in [5.41, 5.74) is 4.49. The number of amides is 1. The first-order chi connectivity index (χ1) is 3.63. The summed E-state index contributed by atoms with van der Waals surface area (Å²) >= 11 is 3.30. The Labute approximate surface area is 51.4 Å². The fourth-order valence-electron chi connectivity index (χ4n) is 0.133. The molecule has 8 heavy (non-hydrogen) atoms. The van der Waals surface area contributed by atoms with Crippen LogP contribution in [0.2, 0.25) is 0 Å². The van der Waals surface area contributed by atoms with Crippen molar-refractivity contribution in [1.82, 2.24) is 0 Å². The second kappa shape index (κ2) is 3.31. The Morgan fingerprint density at radius 3 is 2.25 bits per heavy atom. The van der Waals surface area contributed by atoms with Gasteiger partial charge < -0.3 is 10.5 Å². The molecule has 4 nitrogen and oxygen atoms in total. The zero-order chi connectivity index (χ0) is 6.57. The Morgan fingerprint density at radius 1 is 1.62 bits per heavy atom. The van der Waals surface area contributed by atoms with Crippen molar-refractivity contribution in [3.05, 3.63) is 0 Å². The quantitative estimate of drug-likeness (QED) is 0.503. The monoisotopic (exact) mass is 135 g/mol. The minimum Gasteiger partial charge on any atom is -0.441 e. The Morgan fingerprint density at radius 2 is 2.12 bits per heavy atom. The van der Waals surface area contributed by atoms with Gasteiger partial charge in [0.05, 0.1) is 0 Å². The van der Waals surface area contributed by atoms with E-state index in [0.717, 1.165) is 0 Å². The smallest absolute Gasteiger partial charge is 0.404 e. The van der Waals surface area contributed by atoms with Crippen LogP contribution in [0.3, 0.4) is 0 Å². The summed E-state index contributed by atoms with van der Waals surface area (Å²) < 4.78 is 4.02. The SMILES string of the molecule is NC(=O)OCC(=O)S. The van der Waals surface area contributed by atoms with Gasteiger partial charge in [-0.25, -0.2) is 4.79 Å². The molecular weight excluding hydrogens is 130 g/mol. The van der Waals surface area contributed by atoms with E-state index >= 15 is 0 Å². The molecule has 0 aliphatic heterocycles. The summed E-state index contributed by atoms with van der Waals surface area (Å²) in [7, 11) is 0. The first kappa shape index (κ1) is 7.29. The van der Waals surface area contributed by atoms with Crippen LogP contribution in [0, 0.1) is 0 Å². The largest absolute Gasteiger partial charge is 0.441 e. The fraction of sp³-hybridized carbons (Fsp3) is 0.333. The van der Waals surface area contributed by atoms with Gasteiger partial charge in [-0.15, -0.1) is 12.6 Å². The maximum absolute atomic E-state index is 9.88. The molecule has 0 heterocycles. The number of nitrogens with two attached hydrogens (primary N) is 1. The highest BCUT2D eigenvalue weighted by atomic mass is 32.1. The number of rotatable bonds is 2. The molecule has 0 radical (unpaired) electrons. The summed E-state index contributed by atoms with van der Waals surface area (Å²) in [6.45, 7) is -0.363. The van der Waals surface area contributed by atoms with Crippen molar-refractivity contribution in [3.63, 3.8) is 0 Å². The average molecular weight is 135 g/mol. The lowest BCUT2D eigenvalue weighted by Crippen LogP contribution is -2.16. The predicted octanol–water partition coefficient (Wildman–Crippen LogP) is -0.462. The molecule has 2 N–H and O–H groups in total. The molecule has 0 saturated carbocycles. The van der Waals surface area contributed by atoms with Gasteiger partial charge in [0.1, 0.15) is 0 Å². The van der Waals surface area contributed by atoms with E-state index in [1.165, 1.54) is 0 Å². The van der Waals surface area contributed by atoms with Crippen molar-refractivity contribution in [2.75, 3.05) is 6.61 Å². The Bertz CT molecular complexity index is 99.1. The average Bonchev–Trinajstić information content (AvgIpc) is 1.61. The van der Waals surface area contributed by atoms with E-state index in [1.54, 1.807) is 0 Å². The van der Waals surface area contributed by atoms with E-state index in [1.807, 2.05) is 0 Å². The lowest BCUT2D eigenvalue weighted by molar-refractivity contribution is -0.113. The number of hydrogen-bond acceptors (Lipinski definition) is 3. The first-order valence-electron chi connectivity index (χ1n) is 1.77. The van der Waals surface area contributed by atoms with Crippen molar-refractivity contribution in [2.24, 2.45) is 5.73 Å². The second-order valence-electron chi connectivity index (χ2n) is 1.00. The van der Waals surface area contributed by atoms with Crippen LogP contribution >= 0.6 is 12.6 Å². The molecule has 1 amide bonds. The Hall–Kier alpha value is -0.710. The highest BCUT2D eigenvalue weighted by Crippen LogP contribution is 1.79. The van der Waals surface area contributed by atoms with E-state index in [0.29, 0.717) is 0 Å². The van der Waals surface area contributed by atoms with Crippen molar-refractivity contribution in [2.45, 2.75) is 0 Å². The van der Waals surface area contributed by atoms with Crippen LogP contribution in [0.25, 0.3) is 0 Å². The standard InChI is InChI=1S/C3H5NO3S/c4-3(6)7-1-2(5)8/h1H2,(H2,4,6)(H,5,8). The highest BCUT2D eigenvalue weighted by molar-refractivity contribution is 7.96. The molecule has 0 aromatic rings. The molecule has 0 atom stereocenters. The normalized spacial score (nSPS) is 8.12. The van der Waals surface area contributed by atoms with Crippen molar-refractivity contribution in [1.29, 1.82) is 0 Å². The minimum atomic E-state index is -0.965. The van der Waals surface area contributed by atoms with E-state index in [2.05, 4.69) is 23.1 Å². The molecule has 0 aliphatic carbocycles. The molecule has 0 rings (SSSR count). The third-order valence-corrected chi connectivity index (χ3v) is 0.467. The van der Waals surface area contributed by atoms with Crippen LogP contribution in [-0.2, 0) is 9.53 Å². The summed E-state index contributed by atoms with van der Waals surface area (Å²) in [6.07, 6.45) is -0.965.